The third-order valence-electron chi connectivity index (χ3n) is 4.88. The van der Waals surface area contributed by atoms with Crippen molar-refractivity contribution in [1.29, 1.82) is 0 Å². The van der Waals surface area contributed by atoms with E-state index in [4.69, 9.17) is 9.15 Å². The van der Waals surface area contributed by atoms with Gasteiger partial charge < -0.3 is 19.4 Å². The Morgan fingerprint density at radius 3 is 2.58 bits per heavy atom. The van der Waals surface area contributed by atoms with E-state index in [1.807, 2.05) is 24.3 Å². The maximum absolute atomic E-state index is 12.5. The second kappa shape index (κ2) is 7.93. The molecule has 2 heterocycles. The molecule has 1 aliphatic heterocycles. The molecule has 4 rings (SSSR count). The number of anilines is 2. The number of morpholine rings is 1. The van der Waals surface area contributed by atoms with Crippen molar-refractivity contribution in [3.63, 3.8) is 0 Å². The van der Waals surface area contributed by atoms with Crippen molar-refractivity contribution in [3.05, 3.63) is 48.4 Å². The smallest absolute Gasteiger partial charge is 0.238 e. The fraction of sp³-hybridized carbons (Fsp3) is 0.450. The second-order valence-electron chi connectivity index (χ2n) is 6.91. The number of amides is 1. The topological polar surface area (TPSA) is 58.0 Å². The van der Waals surface area contributed by atoms with E-state index in [1.54, 1.807) is 6.26 Å². The van der Waals surface area contributed by atoms with Crippen LogP contribution in [0.15, 0.2) is 47.1 Å². The van der Waals surface area contributed by atoms with Gasteiger partial charge in [-0.2, -0.15) is 0 Å². The predicted octanol–water partition coefficient (Wildman–Crippen LogP) is 2.72. The first-order chi connectivity index (χ1) is 12.8. The summed E-state index contributed by atoms with van der Waals surface area (Å²) in [4.78, 5) is 16.9. The SMILES string of the molecule is O=C(CN(Cc1ccco1)C1CC1)Nc1ccc(N2CCOCC2)cc1. The quantitative estimate of drug-likeness (QED) is 0.828. The molecule has 2 aromatic rings. The summed E-state index contributed by atoms with van der Waals surface area (Å²) < 4.78 is 10.8. The van der Waals surface area contributed by atoms with Crippen molar-refractivity contribution < 1.29 is 13.9 Å². The summed E-state index contributed by atoms with van der Waals surface area (Å²) in [6, 6.07) is 12.4. The summed E-state index contributed by atoms with van der Waals surface area (Å²) in [6.45, 7) is 4.43. The zero-order valence-electron chi connectivity index (χ0n) is 14.9. The van der Waals surface area contributed by atoms with Crippen LogP contribution < -0.4 is 10.2 Å². The van der Waals surface area contributed by atoms with Crippen molar-refractivity contribution in [2.45, 2.75) is 25.4 Å². The molecule has 138 valence electrons. The summed E-state index contributed by atoms with van der Waals surface area (Å²) >= 11 is 0. The Morgan fingerprint density at radius 2 is 1.92 bits per heavy atom. The van der Waals surface area contributed by atoms with E-state index in [-0.39, 0.29) is 5.91 Å². The molecular formula is C20H25N3O3. The molecule has 26 heavy (non-hydrogen) atoms. The van der Waals surface area contributed by atoms with Gasteiger partial charge in [-0.25, -0.2) is 0 Å². The number of hydrogen-bond acceptors (Lipinski definition) is 5. The molecular weight excluding hydrogens is 330 g/mol. The minimum absolute atomic E-state index is 0.0163. The lowest BCUT2D eigenvalue weighted by atomic mass is 10.2. The second-order valence-corrected chi connectivity index (χ2v) is 6.91. The van der Waals surface area contributed by atoms with Crippen LogP contribution >= 0.6 is 0 Å². The number of nitrogens with zero attached hydrogens (tertiary/aromatic N) is 2. The first-order valence-electron chi connectivity index (χ1n) is 9.27. The highest BCUT2D eigenvalue weighted by molar-refractivity contribution is 5.92. The van der Waals surface area contributed by atoms with Crippen LogP contribution in [0.2, 0.25) is 0 Å². The van der Waals surface area contributed by atoms with Gasteiger partial charge in [0.15, 0.2) is 0 Å². The number of carbonyl (C=O) groups excluding carboxylic acids is 1. The first kappa shape index (κ1) is 17.1. The minimum Gasteiger partial charge on any atom is -0.468 e. The Balaban J connectivity index is 1.32. The standard InChI is InChI=1S/C20H25N3O3/c24-20(15-23(18-7-8-18)14-19-2-1-11-26-19)21-16-3-5-17(6-4-16)22-9-12-25-13-10-22/h1-6,11,18H,7-10,12-15H2,(H,21,24). The Morgan fingerprint density at radius 1 is 1.15 bits per heavy atom. The van der Waals surface area contributed by atoms with Gasteiger partial charge in [-0.15, -0.1) is 0 Å². The highest BCUT2D eigenvalue weighted by Gasteiger charge is 2.30. The third kappa shape index (κ3) is 4.45. The van der Waals surface area contributed by atoms with Crippen LogP contribution in [-0.4, -0.2) is 49.7 Å². The van der Waals surface area contributed by atoms with Gasteiger partial charge in [-0.3, -0.25) is 9.69 Å². The molecule has 0 atom stereocenters. The first-order valence-corrected chi connectivity index (χ1v) is 9.27. The molecule has 0 unspecified atom stereocenters. The normalized spacial score (nSPS) is 17.5. The van der Waals surface area contributed by atoms with Gasteiger partial charge in [0, 0.05) is 30.5 Å². The third-order valence-corrected chi connectivity index (χ3v) is 4.88. The Bertz CT molecular complexity index is 704. The summed E-state index contributed by atoms with van der Waals surface area (Å²) in [6.07, 6.45) is 3.99. The minimum atomic E-state index is 0.0163. The van der Waals surface area contributed by atoms with Crippen LogP contribution in [0.3, 0.4) is 0 Å². The van der Waals surface area contributed by atoms with Gasteiger partial charge in [-0.05, 0) is 49.2 Å². The van der Waals surface area contributed by atoms with Gasteiger partial charge in [-0.1, -0.05) is 0 Å². The van der Waals surface area contributed by atoms with Gasteiger partial charge in [0.2, 0.25) is 5.91 Å². The highest BCUT2D eigenvalue weighted by atomic mass is 16.5. The predicted molar refractivity (Wildman–Crippen MR) is 100 cm³/mol. The van der Waals surface area contributed by atoms with Gasteiger partial charge in [0.05, 0.1) is 32.6 Å². The van der Waals surface area contributed by atoms with Crippen molar-refractivity contribution in [3.8, 4) is 0 Å². The number of nitrogens with one attached hydrogen (secondary N) is 1. The molecule has 1 amide bonds. The number of rotatable bonds is 7. The summed E-state index contributed by atoms with van der Waals surface area (Å²) in [5.74, 6) is 0.919. The number of hydrogen-bond donors (Lipinski definition) is 1. The van der Waals surface area contributed by atoms with E-state index in [9.17, 15) is 4.79 Å². The van der Waals surface area contributed by atoms with E-state index in [2.05, 4.69) is 27.2 Å². The van der Waals surface area contributed by atoms with E-state index >= 15 is 0 Å². The van der Waals surface area contributed by atoms with E-state index in [0.29, 0.717) is 19.1 Å². The summed E-state index contributed by atoms with van der Waals surface area (Å²) in [7, 11) is 0. The zero-order chi connectivity index (χ0) is 17.8. The summed E-state index contributed by atoms with van der Waals surface area (Å²) in [5, 5.41) is 3.01. The van der Waals surface area contributed by atoms with Gasteiger partial charge in [0.25, 0.3) is 0 Å². The lowest BCUT2D eigenvalue weighted by molar-refractivity contribution is -0.117. The monoisotopic (exact) mass is 355 g/mol. The van der Waals surface area contributed by atoms with Crippen molar-refractivity contribution in [1.82, 2.24) is 4.90 Å². The van der Waals surface area contributed by atoms with E-state index in [0.717, 1.165) is 50.6 Å². The number of furan rings is 1. The fourth-order valence-corrected chi connectivity index (χ4v) is 3.32. The molecule has 1 aliphatic carbocycles. The molecule has 2 aliphatic rings. The lowest BCUT2D eigenvalue weighted by Crippen LogP contribution is -2.36. The molecule has 1 N–H and O–H groups in total. The van der Waals surface area contributed by atoms with Crippen molar-refractivity contribution >= 4 is 17.3 Å². The molecule has 6 nitrogen and oxygen atoms in total. The average molecular weight is 355 g/mol. The van der Waals surface area contributed by atoms with Crippen LogP contribution in [0.5, 0.6) is 0 Å². The molecule has 6 heteroatoms. The Labute approximate surface area is 153 Å². The van der Waals surface area contributed by atoms with E-state index in [1.165, 1.54) is 5.69 Å². The van der Waals surface area contributed by atoms with Gasteiger partial charge >= 0.3 is 0 Å². The summed E-state index contributed by atoms with van der Waals surface area (Å²) in [5.41, 5.74) is 2.00. The molecule has 0 radical (unpaired) electrons. The fourth-order valence-electron chi connectivity index (χ4n) is 3.32. The van der Waals surface area contributed by atoms with Crippen LogP contribution in [0.1, 0.15) is 18.6 Å². The number of benzene rings is 1. The lowest BCUT2D eigenvalue weighted by Gasteiger charge is -2.29. The molecule has 1 saturated carbocycles. The van der Waals surface area contributed by atoms with Crippen LogP contribution in [0.4, 0.5) is 11.4 Å². The van der Waals surface area contributed by atoms with Crippen LogP contribution in [0.25, 0.3) is 0 Å². The number of carbonyl (C=O) groups is 1. The Kier molecular flexibility index (Phi) is 5.22. The molecule has 1 aromatic carbocycles. The molecule has 2 fully saturated rings. The molecule has 1 saturated heterocycles. The average Bonchev–Trinajstić information content (AvgIpc) is 3.40. The van der Waals surface area contributed by atoms with Crippen molar-refractivity contribution in [2.75, 3.05) is 43.1 Å². The van der Waals surface area contributed by atoms with Crippen LogP contribution in [0, 0.1) is 0 Å². The largest absolute Gasteiger partial charge is 0.468 e. The van der Waals surface area contributed by atoms with E-state index < -0.39 is 0 Å². The molecule has 0 bridgehead atoms. The van der Waals surface area contributed by atoms with Crippen molar-refractivity contribution in [2.24, 2.45) is 0 Å². The highest BCUT2D eigenvalue weighted by Crippen LogP contribution is 2.28. The maximum atomic E-state index is 12.5. The zero-order valence-corrected chi connectivity index (χ0v) is 14.9. The van der Waals surface area contributed by atoms with Gasteiger partial charge in [0.1, 0.15) is 5.76 Å². The van der Waals surface area contributed by atoms with Crippen LogP contribution in [-0.2, 0) is 16.1 Å². The Hall–Kier alpha value is -2.31. The number of ether oxygens (including phenoxy) is 1. The maximum Gasteiger partial charge on any atom is 0.238 e. The molecule has 1 aromatic heterocycles. The molecule has 0 spiro atoms.